The van der Waals surface area contributed by atoms with Crippen LogP contribution in [0.5, 0.6) is 0 Å². The Hall–Kier alpha value is -1.50. The monoisotopic (exact) mass is 343 g/mol. The molecule has 1 atom stereocenters. The Kier molecular flexibility index (Phi) is 11.2. The molecule has 0 aromatic heterocycles. The summed E-state index contributed by atoms with van der Waals surface area (Å²) in [6.07, 6.45) is 0.732. The predicted molar refractivity (Wildman–Crippen MR) is 101 cm³/mol. The van der Waals surface area contributed by atoms with Gasteiger partial charge in [-0.2, -0.15) is 0 Å². The molecule has 0 aliphatic carbocycles. The third-order valence-electron chi connectivity index (χ3n) is 3.50. The lowest BCUT2D eigenvalue weighted by molar-refractivity contribution is 0.0529. The molecule has 3 N–H and O–H groups in total. The van der Waals surface area contributed by atoms with Crippen molar-refractivity contribution in [2.45, 2.75) is 59.6 Å². The Balaban J connectivity index is 4.11. The lowest BCUT2D eigenvalue weighted by Gasteiger charge is -2.22. The first-order chi connectivity index (χ1) is 11.2. The number of nitrogens with one attached hydrogen (secondary N) is 3. The summed E-state index contributed by atoms with van der Waals surface area (Å²) in [5, 5.41) is 9.13. The summed E-state index contributed by atoms with van der Waals surface area (Å²) in [7, 11) is 2.12. The van der Waals surface area contributed by atoms with Gasteiger partial charge in [-0.3, -0.25) is 4.99 Å². The molecule has 0 radical (unpaired) electrons. The van der Waals surface area contributed by atoms with E-state index in [0.717, 1.165) is 32.0 Å². The fraction of sp³-hybridized carbons (Fsp3) is 0.882. The highest BCUT2D eigenvalue weighted by Crippen LogP contribution is 2.05. The first-order valence-corrected chi connectivity index (χ1v) is 8.88. The lowest BCUT2D eigenvalue weighted by atomic mass is 10.2. The highest BCUT2D eigenvalue weighted by molar-refractivity contribution is 5.79. The molecule has 0 spiro atoms. The second-order valence-corrected chi connectivity index (χ2v) is 6.85. The number of hydrogen-bond acceptors (Lipinski definition) is 4. The van der Waals surface area contributed by atoms with Crippen LogP contribution in [0.1, 0.15) is 48.0 Å². The normalized spacial score (nSPS) is 13.6. The SMILES string of the molecule is CCNC(=NCCN(C)C(C)CC)NCCNC(=O)OC(C)(C)C. The van der Waals surface area contributed by atoms with Crippen LogP contribution in [0.2, 0.25) is 0 Å². The van der Waals surface area contributed by atoms with Crippen LogP contribution in [0, 0.1) is 0 Å². The van der Waals surface area contributed by atoms with Gasteiger partial charge in [-0.25, -0.2) is 4.79 Å². The fourth-order valence-corrected chi connectivity index (χ4v) is 1.85. The molecule has 0 aliphatic heterocycles. The van der Waals surface area contributed by atoms with E-state index in [1.165, 1.54) is 0 Å². The third kappa shape index (κ3) is 12.0. The highest BCUT2D eigenvalue weighted by Gasteiger charge is 2.15. The molecule has 1 amide bonds. The largest absolute Gasteiger partial charge is 0.444 e. The Labute approximate surface area is 147 Å². The van der Waals surface area contributed by atoms with Gasteiger partial charge in [0.1, 0.15) is 5.60 Å². The molecule has 1 unspecified atom stereocenters. The third-order valence-corrected chi connectivity index (χ3v) is 3.50. The van der Waals surface area contributed by atoms with Gasteiger partial charge in [0, 0.05) is 32.2 Å². The number of carbonyl (C=O) groups is 1. The molecule has 0 saturated carbocycles. The number of guanidine groups is 1. The smallest absolute Gasteiger partial charge is 0.407 e. The molecule has 0 aromatic rings. The number of ether oxygens (including phenoxy) is 1. The Bertz CT molecular complexity index is 380. The zero-order chi connectivity index (χ0) is 18.6. The van der Waals surface area contributed by atoms with Crippen LogP contribution in [-0.4, -0.2) is 68.4 Å². The Morgan fingerprint density at radius 3 is 2.33 bits per heavy atom. The topological polar surface area (TPSA) is 78.0 Å². The van der Waals surface area contributed by atoms with E-state index in [1.807, 2.05) is 27.7 Å². The van der Waals surface area contributed by atoms with Crippen molar-refractivity contribution in [3.8, 4) is 0 Å². The minimum atomic E-state index is -0.477. The van der Waals surface area contributed by atoms with Crippen LogP contribution in [0.3, 0.4) is 0 Å². The van der Waals surface area contributed by atoms with E-state index in [9.17, 15) is 4.79 Å². The molecule has 0 fully saturated rings. The van der Waals surface area contributed by atoms with Gasteiger partial charge < -0.3 is 25.6 Å². The number of carbonyl (C=O) groups excluding carboxylic acids is 1. The number of aliphatic imine (C=N–C) groups is 1. The molecule has 0 saturated heterocycles. The Morgan fingerprint density at radius 1 is 1.17 bits per heavy atom. The summed E-state index contributed by atoms with van der Waals surface area (Å²) in [5.74, 6) is 0.765. The van der Waals surface area contributed by atoms with Crippen LogP contribution in [0.25, 0.3) is 0 Å². The van der Waals surface area contributed by atoms with Gasteiger partial charge in [-0.1, -0.05) is 6.92 Å². The number of rotatable bonds is 9. The quantitative estimate of drug-likeness (QED) is 0.338. The van der Waals surface area contributed by atoms with Gasteiger partial charge in [0.25, 0.3) is 0 Å². The first-order valence-electron chi connectivity index (χ1n) is 8.88. The van der Waals surface area contributed by atoms with E-state index < -0.39 is 11.7 Å². The van der Waals surface area contributed by atoms with Crippen molar-refractivity contribution in [3.05, 3.63) is 0 Å². The van der Waals surface area contributed by atoms with Crippen molar-refractivity contribution in [2.24, 2.45) is 4.99 Å². The molecule has 24 heavy (non-hydrogen) atoms. The first kappa shape index (κ1) is 22.5. The van der Waals surface area contributed by atoms with Crippen molar-refractivity contribution in [3.63, 3.8) is 0 Å². The number of likely N-dealkylation sites (N-methyl/N-ethyl adjacent to an activating group) is 1. The number of hydrogen-bond donors (Lipinski definition) is 3. The summed E-state index contributed by atoms with van der Waals surface area (Å²) in [6, 6.07) is 0.564. The molecular formula is C17H37N5O2. The van der Waals surface area contributed by atoms with Crippen molar-refractivity contribution < 1.29 is 9.53 Å². The minimum absolute atomic E-state index is 0.401. The van der Waals surface area contributed by atoms with Gasteiger partial charge in [0.15, 0.2) is 5.96 Å². The van der Waals surface area contributed by atoms with Crippen LogP contribution in [-0.2, 0) is 4.74 Å². The van der Waals surface area contributed by atoms with E-state index in [-0.39, 0.29) is 0 Å². The zero-order valence-electron chi connectivity index (χ0n) is 16.5. The van der Waals surface area contributed by atoms with Gasteiger partial charge in [-0.15, -0.1) is 0 Å². The minimum Gasteiger partial charge on any atom is -0.444 e. The number of alkyl carbamates (subject to hydrolysis) is 1. The van der Waals surface area contributed by atoms with E-state index in [1.54, 1.807) is 0 Å². The maximum Gasteiger partial charge on any atom is 0.407 e. The molecule has 0 aliphatic rings. The van der Waals surface area contributed by atoms with Crippen molar-refractivity contribution in [2.75, 3.05) is 39.8 Å². The van der Waals surface area contributed by atoms with Crippen LogP contribution < -0.4 is 16.0 Å². The second-order valence-electron chi connectivity index (χ2n) is 6.85. The summed E-state index contributed by atoms with van der Waals surface area (Å²) in [6.45, 7) is 15.5. The Morgan fingerprint density at radius 2 is 1.79 bits per heavy atom. The number of nitrogens with zero attached hydrogens (tertiary/aromatic N) is 2. The van der Waals surface area contributed by atoms with Gasteiger partial charge in [-0.05, 0) is 48.1 Å². The van der Waals surface area contributed by atoms with E-state index >= 15 is 0 Å². The van der Waals surface area contributed by atoms with Crippen molar-refractivity contribution >= 4 is 12.1 Å². The maximum absolute atomic E-state index is 11.6. The molecule has 142 valence electrons. The molecule has 0 bridgehead atoms. The van der Waals surface area contributed by atoms with Crippen LogP contribution in [0.15, 0.2) is 4.99 Å². The standard InChI is InChI=1S/C17H37N5O2/c1-8-14(3)22(7)13-12-20-15(18-9-2)19-10-11-21-16(23)24-17(4,5)6/h14H,8-13H2,1-7H3,(H,21,23)(H2,18,19,20). The van der Waals surface area contributed by atoms with Crippen LogP contribution >= 0.6 is 0 Å². The number of amides is 1. The molecule has 0 rings (SSSR count). The molecule has 0 aromatic carbocycles. The summed E-state index contributed by atoms with van der Waals surface area (Å²) < 4.78 is 5.19. The van der Waals surface area contributed by atoms with E-state index in [2.05, 4.69) is 46.7 Å². The molecule has 0 heterocycles. The zero-order valence-corrected chi connectivity index (χ0v) is 16.5. The fourth-order valence-electron chi connectivity index (χ4n) is 1.85. The second kappa shape index (κ2) is 11.9. The average Bonchev–Trinajstić information content (AvgIpc) is 2.48. The van der Waals surface area contributed by atoms with E-state index in [0.29, 0.717) is 19.1 Å². The molecule has 7 heteroatoms. The van der Waals surface area contributed by atoms with Crippen molar-refractivity contribution in [1.29, 1.82) is 0 Å². The van der Waals surface area contributed by atoms with Gasteiger partial charge in [0.2, 0.25) is 0 Å². The van der Waals surface area contributed by atoms with Crippen molar-refractivity contribution in [1.82, 2.24) is 20.9 Å². The van der Waals surface area contributed by atoms with Gasteiger partial charge in [0.05, 0.1) is 6.54 Å². The summed E-state index contributed by atoms with van der Waals surface area (Å²) >= 11 is 0. The molecular weight excluding hydrogens is 306 g/mol. The van der Waals surface area contributed by atoms with Crippen LogP contribution in [0.4, 0.5) is 4.79 Å². The predicted octanol–water partition coefficient (Wildman–Crippen LogP) is 1.80. The summed E-state index contributed by atoms with van der Waals surface area (Å²) in [5.41, 5.74) is -0.477. The lowest BCUT2D eigenvalue weighted by Crippen LogP contribution is -2.42. The van der Waals surface area contributed by atoms with E-state index in [4.69, 9.17) is 4.74 Å². The summed E-state index contributed by atoms with van der Waals surface area (Å²) in [4.78, 5) is 18.4. The van der Waals surface area contributed by atoms with Gasteiger partial charge >= 0.3 is 6.09 Å². The average molecular weight is 344 g/mol. The highest BCUT2D eigenvalue weighted by atomic mass is 16.6. The molecule has 7 nitrogen and oxygen atoms in total. The maximum atomic E-state index is 11.6.